The second kappa shape index (κ2) is 6.41. The number of thiophene rings is 1. The van der Waals surface area contributed by atoms with Gasteiger partial charge in [-0.3, -0.25) is 0 Å². The largest absolute Gasteiger partial charge is 0.314 e. The molecule has 0 aromatic carbocycles. The Hall–Kier alpha value is -0.340. The fourth-order valence-electron chi connectivity index (χ4n) is 3.52. The van der Waals surface area contributed by atoms with Crippen LogP contribution in [0.5, 0.6) is 0 Å². The SMILES string of the molecule is CCNC1CCC(C(C)(C)C)CC1Cc1ccsc1. The Labute approximate surface area is 122 Å². The third kappa shape index (κ3) is 4.06. The van der Waals surface area contributed by atoms with Gasteiger partial charge in [-0.25, -0.2) is 0 Å². The molecule has 0 bridgehead atoms. The Morgan fingerprint density at radius 1 is 1.32 bits per heavy atom. The van der Waals surface area contributed by atoms with Gasteiger partial charge in [0.1, 0.15) is 0 Å². The molecular weight excluding hydrogens is 250 g/mol. The van der Waals surface area contributed by atoms with E-state index in [1.165, 1.54) is 31.2 Å². The molecule has 1 aliphatic rings. The molecule has 3 atom stereocenters. The molecule has 1 fully saturated rings. The van der Waals surface area contributed by atoms with Crippen molar-refractivity contribution in [3.8, 4) is 0 Å². The van der Waals surface area contributed by atoms with Gasteiger partial charge in [0, 0.05) is 6.04 Å². The molecule has 1 aliphatic carbocycles. The third-order valence-electron chi connectivity index (χ3n) is 4.75. The lowest BCUT2D eigenvalue weighted by molar-refractivity contribution is 0.114. The van der Waals surface area contributed by atoms with E-state index < -0.39 is 0 Å². The van der Waals surface area contributed by atoms with Crippen LogP contribution in [0.3, 0.4) is 0 Å². The lowest BCUT2D eigenvalue weighted by Gasteiger charge is -2.42. The van der Waals surface area contributed by atoms with Crippen molar-refractivity contribution in [1.29, 1.82) is 0 Å². The van der Waals surface area contributed by atoms with Crippen LogP contribution in [-0.2, 0) is 6.42 Å². The van der Waals surface area contributed by atoms with Crippen molar-refractivity contribution in [2.24, 2.45) is 17.3 Å². The van der Waals surface area contributed by atoms with E-state index in [1.807, 2.05) is 11.3 Å². The van der Waals surface area contributed by atoms with E-state index in [0.29, 0.717) is 5.41 Å². The quantitative estimate of drug-likeness (QED) is 0.840. The number of hydrogen-bond donors (Lipinski definition) is 1. The monoisotopic (exact) mass is 279 g/mol. The first-order valence-corrected chi connectivity index (χ1v) is 8.69. The van der Waals surface area contributed by atoms with Crippen LogP contribution in [0.25, 0.3) is 0 Å². The van der Waals surface area contributed by atoms with Gasteiger partial charge in [-0.15, -0.1) is 0 Å². The molecule has 1 aromatic rings. The smallest absolute Gasteiger partial charge is 0.00986 e. The molecule has 1 N–H and O–H groups in total. The second-order valence-electron chi connectivity index (χ2n) is 7.14. The molecule has 1 heterocycles. The molecule has 1 nitrogen and oxygen atoms in total. The first-order chi connectivity index (χ1) is 9.00. The van der Waals surface area contributed by atoms with Crippen LogP contribution in [0.4, 0.5) is 0 Å². The molecule has 108 valence electrons. The zero-order chi connectivity index (χ0) is 13.9. The zero-order valence-electron chi connectivity index (χ0n) is 12.9. The minimum atomic E-state index is 0.462. The summed E-state index contributed by atoms with van der Waals surface area (Å²) in [6.45, 7) is 10.6. The summed E-state index contributed by atoms with van der Waals surface area (Å²) in [6, 6.07) is 3.03. The zero-order valence-corrected chi connectivity index (χ0v) is 13.7. The first-order valence-electron chi connectivity index (χ1n) is 7.75. The van der Waals surface area contributed by atoms with E-state index in [9.17, 15) is 0 Å². The van der Waals surface area contributed by atoms with E-state index in [2.05, 4.69) is 49.8 Å². The van der Waals surface area contributed by atoms with Gasteiger partial charge in [0.2, 0.25) is 0 Å². The highest BCUT2D eigenvalue weighted by atomic mass is 32.1. The fourth-order valence-corrected chi connectivity index (χ4v) is 4.20. The van der Waals surface area contributed by atoms with Crippen LogP contribution in [0.1, 0.15) is 52.5 Å². The first kappa shape index (κ1) is 15.1. The van der Waals surface area contributed by atoms with Crippen molar-refractivity contribution in [1.82, 2.24) is 5.32 Å². The van der Waals surface area contributed by atoms with E-state index in [0.717, 1.165) is 24.4 Å². The number of rotatable bonds is 4. The molecular formula is C17H29NS. The molecule has 2 heteroatoms. The maximum atomic E-state index is 3.72. The lowest BCUT2D eigenvalue weighted by Crippen LogP contribution is -2.43. The van der Waals surface area contributed by atoms with Gasteiger partial charge >= 0.3 is 0 Å². The summed E-state index contributed by atoms with van der Waals surface area (Å²) < 4.78 is 0. The molecule has 0 spiro atoms. The Morgan fingerprint density at radius 3 is 2.68 bits per heavy atom. The van der Waals surface area contributed by atoms with Gasteiger partial charge in [0.25, 0.3) is 0 Å². The summed E-state index contributed by atoms with van der Waals surface area (Å²) in [5, 5.41) is 8.26. The molecule has 0 saturated heterocycles. The van der Waals surface area contributed by atoms with E-state index in [1.54, 1.807) is 0 Å². The highest BCUT2D eigenvalue weighted by Crippen LogP contribution is 2.41. The predicted octanol–water partition coefficient (Wildman–Crippen LogP) is 4.73. The molecule has 2 rings (SSSR count). The average Bonchev–Trinajstić information content (AvgIpc) is 2.83. The Morgan fingerprint density at radius 2 is 2.11 bits per heavy atom. The summed E-state index contributed by atoms with van der Waals surface area (Å²) in [4.78, 5) is 0. The van der Waals surface area contributed by atoms with E-state index in [4.69, 9.17) is 0 Å². The fraction of sp³-hybridized carbons (Fsp3) is 0.765. The summed E-state index contributed by atoms with van der Waals surface area (Å²) in [5.41, 5.74) is 2.00. The summed E-state index contributed by atoms with van der Waals surface area (Å²) in [7, 11) is 0. The molecule has 0 radical (unpaired) electrons. The topological polar surface area (TPSA) is 12.0 Å². The molecule has 19 heavy (non-hydrogen) atoms. The van der Waals surface area contributed by atoms with Crippen LogP contribution in [0.2, 0.25) is 0 Å². The van der Waals surface area contributed by atoms with Crippen molar-refractivity contribution >= 4 is 11.3 Å². The minimum Gasteiger partial charge on any atom is -0.314 e. The molecule has 0 amide bonds. The summed E-state index contributed by atoms with van der Waals surface area (Å²) in [5.74, 6) is 1.69. The lowest BCUT2D eigenvalue weighted by atomic mass is 9.66. The number of hydrogen-bond acceptors (Lipinski definition) is 2. The van der Waals surface area contributed by atoms with Crippen LogP contribution in [0.15, 0.2) is 16.8 Å². The Balaban J connectivity index is 2.04. The van der Waals surface area contributed by atoms with Gasteiger partial charge in [-0.1, -0.05) is 27.7 Å². The normalized spacial score (nSPS) is 28.5. The summed E-state index contributed by atoms with van der Waals surface area (Å²) in [6.07, 6.45) is 5.39. The molecule has 3 unspecified atom stereocenters. The highest BCUT2D eigenvalue weighted by molar-refractivity contribution is 7.07. The van der Waals surface area contributed by atoms with Crippen LogP contribution in [0, 0.1) is 17.3 Å². The third-order valence-corrected chi connectivity index (χ3v) is 5.48. The molecule has 1 saturated carbocycles. The van der Waals surface area contributed by atoms with Gasteiger partial charge in [0.05, 0.1) is 0 Å². The standard InChI is InChI=1S/C17H29NS/c1-5-18-16-7-6-15(17(2,3)4)11-14(16)10-13-8-9-19-12-13/h8-9,12,14-16,18H,5-7,10-11H2,1-4H3. The average molecular weight is 279 g/mol. The maximum Gasteiger partial charge on any atom is 0.00986 e. The van der Waals surface area contributed by atoms with Crippen LogP contribution < -0.4 is 5.32 Å². The second-order valence-corrected chi connectivity index (χ2v) is 7.92. The van der Waals surface area contributed by atoms with Crippen LogP contribution in [-0.4, -0.2) is 12.6 Å². The van der Waals surface area contributed by atoms with Gasteiger partial charge in [-0.05, 0) is 71.9 Å². The highest BCUT2D eigenvalue weighted by Gasteiger charge is 2.35. The maximum absolute atomic E-state index is 3.72. The molecule has 1 aromatic heterocycles. The Kier molecular flexibility index (Phi) is 5.08. The number of nitrogens with one attached hydrogen (secondary N) is 1. The van der Waals surface area contributed by atoms with Gasteiger partial charge < -0.3 is 5.32 Å². The minimum absolute atomic E-state index is 0.462. The van der Waals surface area contributed by atoms with Crippen molar-refractivity contribution in [2.45, 2.75) is 59.4 Å². The van der Waals surface area contributed by atoms with Crippen molar-refractivity contribution in [3.63, 3.8) is 0 Å². The van der Waals surface area contributed by atoms with Crippen LogP contribution >= 0.6 is 11.3 Å². The van der Waals surface area contributed by atoms with Crippen molar-refractivity contribution in [2.75, 3.05) is 6.54 Å². The molecule has 0 aliphatic heterocycles. The van der Waals surface area contributed by atoms with E-state index in [-0.39, 0.29) is 0 Å². The predicted molar refractivity (Wildman–Crippen MR) is 85.8 cm³/mol. The van der Waals surface area contributed by atoms with Crippen molar-refractivity contribution in [3.05, 3.63) is 22.4 Å². The summed E-state index contributed by atoms with van der Waals surface area (Å²) >= 11 is 1.83. The van der Waals surface area contributed by atoms with Gasteiger partial charge in [-0.2, -0.15) is 11.3 Å². The van der Waals surface area contributed by atoms with Gasteiger partial charge in [0.15, 0.2) is 0 Å². The van der Waals surface area contributed by atoms with Crippen molar-refractivity contribution < 1.29 is 0 Å². The Bertz CT molecular complexity index is 363. The van der Waals surface area contributed by atoms with E-state index >= 15 is 0 Å².